The van der Waals surface area contributed by atoms with Gasteiger partial charge in [0.05, 0.1) is 0 Å². The van der Waals surface area contributed by atoms with E-state index in [9.17, 15) is 8.42 Å². The zero-order valence-corrected chi connectivity index (χ0v) is 13.0. The molecule has 2 saturated carbocycles. The molecule has 0 radical (unpaired) electrons. The van der Waals surface area contributed by atoms with Crippen LogP contribution in [0.15, 0.2) is 16.3 Å². The molecule has 2 N–H and O–H groups in total. The minimum atomic E-state index is -3.38. The van der Waals surface area contributed by atoms with Gasteiger partial charge in [0.15, 0.2) is 0 Å². The first-order valence-corrected chi connectivity index (χ1v) is 9.59. The second-order valence-corrected chi connectivity index (χ2v) is 9.05. The van der Waals surface area contributed by atoms with Crippen molar-refractivity contribution in [1.29, 1.82) is 0 Å². The van der Waals surface area contributed by atoms with Crippen LogP contribution in [0.1, 0.15) is 30.6 Å². The van der Waals surface area contributed by atoms with E-state index in [0.29, 0.717) is 23.1 Å². The standard InChI is InChI=1S/C14H21NO3S2/c16-8-7-12-5-6-14(19-12)20(17,18)15-9-13(10-1-2-10)11-3-4-11/h5-6,10-11,13,15-16H,1-4,7-9H2. The molecule has 0 saturated heterocycles. The number of hydrogen-bond donors (Lipinski definition) is 2. The van der Waals surface area contributed by atoms with Crippen LogP contribution in [0.5, 0.6) is 0 Å². The summed E-state index contributed by atoms with van der Waals surface area (Å²) in [7, 11) is -3.38. The van der Waals surface area contributed by atoms with Crippen molar-refractivity contribution in [3.63, 3.8) is 0 Å². The lowest BCUT2D eigenvalue weighted by molar-refractivity contribution is 0.300. The lowest BCUT2D eigenvalue weighted by Gasteiger charge is -2.15. The molecule has 0 aromatic carbocycles. The first kappa shape index (κ1) is 14.5. The molecule has 2 fully saturated rings. The van der Waals surface area contributed by atoms with Gasteiger partial charge in [-0.2, -0.15) is 0 Å². The van der Waals surface area contributed by atoms with Crippen LogP contribution in [0.3, 0.4) is 0 Å². The third-order valence-electron chi connectivity index (χ3n) is 4.22. The minimum absolute atomic E-state index is 0.0544. The molecule has 1 aromatic rings. The second kappa shape index (κ2) is 5.75. The monoisotopic (exact) mass is 315 g/mol. The van der Waals surface area contributed by atoms with Gasteiger partial charge in [-0.3, -0.25) is 0 Å². The maximum Gasteiger partial charge on any atom is 0.250 e. The molecular weight excluding hydrogens is 294 g/mol. The summed E-state index contributed by atoms with van der Waals surface area (Å²) in [6.45, 7) is 0.643. The Morgan fingerprint density at radius 3 is 2.45 bits per heavy atom. The van der Waals surface area contributed by atoms with Gasteiger partial charge in [0.2, 0.25) is 10.0 Å². The van der Waals surface area contributed by atoms with Gasteiger partial charge in [0, 0.05) is 24.4 Å². The van der Waals surface area contributed by atoms with E-state index >= 15 is 0 Å². The molecule has 3 rings (SSSR count). The fourth-order valence-corrected chi connectivity index (χ4v) is 5.25. The molecule has 0 aliphatic heterocycles. The lowest BCUT2D eigenvalue weighted by atomic mass is 9.99. The SMILES string of the molecule is O=S(=O)(NCC(C1CC1)C1CC1)c1ccc(CCO)s1. The maximum atomic E-state index is 12.3. The van der Waals surface area contributed by atoms with Crippen molar-refractivity contribution in [3.05, 3.63) is 17.0 Å². The van der Waals surface area contributed by atoms with Gasteiger partial charge >= 0.3 is 0 Å². The summed E-state index contributed by atoms with van der Waals surface area (Å²) in [6, 6.07) is 3.43. The first-order chi connectivity index (χ1) is 9.60. The largest absolute Gasteiger partial charge is 0.396 e. The van der Waals surface area contributed by atoms with Gasteiger partial charge in [-0.25, -0.2) is 13.1 Å². The van der Waals surface area contributed by atoms with Crippen LogP contribution in [0.2, 0.25) is 0 Å². The van der Waals surface area contributed by atoms with Crippen LogP contribution in [-0.4, -0.2) is 26.7 Å². The smallest absolute Gasteiger partial charge is 0.250 e. The van der Waals surface area contributed by atoms with Gasteiger partial charge in [-0.1, -0.05) is 0 Å². The average molecular weight is 315 g/mol. The van der Waals surface area contributed by atoms with Gasteiger partial charge < -0.3 is 5.11 Å². The van der Waals surface area contributed by atoms with Crippen LogP contribution in [0, 0.1) is 17.8 Å². The Labute approximate surface area is 124 Å². The summed E-state index contributed by atoms with van der Waals surface area (Å²) in [6.07, 6.45) is 5.59. The number of hydrogen-bond acceptors (Lipinski definition) is 4. The third kappa shape index (κ3) is 3.42. The van der Waals surface area contributed by atoms with E-state index in [2.05, 4.69) is 4.72 Å². The van der Waals surface area contributed by atoms with Crippen molar-refractivity contribution in [2.45, 2.75) is 36.3 Å². The van der Waals surface area contributed by atoms with Crippen LogP contribution >= 0.6 is 11.3 Å². The Hall–Kier alpha value is -0.430. The average Bonchev–Trinajstić information content (AvgIpc) is 3.32. The van der Waals surface area contributed by atoms with Crippen molar-refractivity contribution in [2.24, 2.45) is 17.8 Å². The Kier molecular flexibility index (Phi) is 4.17. The Bertz CT molecular complexity index is 547. The maximum absolute atomic E-state index is 12.3. The van der Waals surface area contributed by atoms with Crippen LogP contribution in [0.25, 0.3) is 0 Å². The van der Waals surface area contributed by atoms with Crippen molar-refractivity contribution in [2.75, 3.05) is 13.2 Å². The molecule has 4 nitrogen and oxygen atoms in total. The van der Waals surface area contributed by atoms with E-state index in [1.54, 1.807) is 12.1 Å². The van der Waals surface area contributed by atoms with Crippen molar-refractivity contribution in [3.8, 4) is 0 Å². The Balaban J connectivity index is 1.61. The summed E-state index contributed by atoms with van der Waals surface area (Å²) < 4.78 is 27.7. The van der Waals surface area contributed by atoms with Crippen molar-refractivity contribution in [1.82, 2.24) is 4.72 Å². The highest BCUT2D eigenvalue weighted by molar-refractivity contribution is 7.91. The predicted molar refractivity (Wildman–Crippen MR) is 79.2 cm³/mol. The van der Waals surface area contributed by atoms with Gasteiger partial charge in [0.25, 0.3) is 0 Å². The molecule has 0 amide bonds. The molecule has 1 heterocycles. The van der Waals surface area contributed by atoms with Crippen LogP contribution in [0.4, 0.5) is 0 Å². The highest BCUT2D eigenvalue weighted by Crippen LogP contribution is 2.48. The fraction of sp³-hybridized carbons (Fsp3) is 0.714. The summed E-state index contributed by atoms with van der Waals surface area (Å²) in [5.41, 5.74) is 0. The summed E-state index contributed by atoms with van der Waals surface area (Å²) in [4.78, 5) is 0.911. The molecule has 1 aromatic heterocycles. The predicted octanol–water partition coefficient (Wildman–Crippen LogP) is 2.00. The molecule has 0 spiro atoms. The Morgan fingerprint density at radius 1 is 1.25 bits per heavy atom. The zero-order valence-electron chi connectivity index (χ0n) is 11.4. The molecule has 2 aliphatic rings. The molecule has 0 atom stereocenters. The van der Waals surface area contributed by atoms with E-state index < -0.39 is 10.0 Å². The van der Waals surface area contributed by atoms with Gasteiger partial charge in [0.1, 0.15) is 4.21 Å². The normalized spacial score (nSPS) is 19.7. The molecule has 112 valence electrons. The van der Waals surface area contributed by atoms with E-state index in [1.165, 1.54) is 37.0 Å². The Morgan fingerprint density at radius 2 is 1.90 bits per heavy atom. The number of nitrogens with one attached hydrogen (secondary N) is 1. The number of sulfonamides is 1. The second-order valence-electron chi connectivity index (χ2n) is 5.88. The highest BCUT2D eigenvalue weighted by atomic mass is 32.2. The van der Waals surface area contributed by atoms with Crippen molar-refractivity contribution < 1.29 is 13.5 Å². The highest BCUT2D eigenvalue weighted by Gasteiger charge is 2.41. The lowest BCUT2D eigenvalue weighted by Crippen LogP contribution is -2.30. The van der Waals surface area contributed by atoms with E-state index in [-0.39, 0.29) is 6.61 Å². The van der Waals surface area contributed by atoms with E-state index in [1.807, 2.05) is 0 Å². The van der Waals surface area contributed by atoms with Gasteiger partial charge in [-0.15, -0.1) is 11.3 Å². The third-order valence-corrected chi connectivity index (χ3v) is 7.28. The number of rotatable bonds is 8. The number of aliphatic hydroxyl groups excluding tert-OH is 1. The molecule has 0 unspecified atom stereocenters. The zero-order chi connectivity index (χ0) is 14.2. The fourth-order valence-electron chi connectivity index (χ4n) is 2.79. The molecule has 2 aliphatic carbocycles. The van der Waals surface area contributed by atoms with Crippen LogP contribution in [-0.2, 0) is 16.4 Å². The quantitative estimate of drug-likeness (QED) is 0.771. The summed E-state index contributed by atoms with van der Waals surface area (Å²) >= 11 is 1.25. The molecule has 20 heavy (non-hydrogen) atoms. The number of thiophene rings is 1. The first-order valence-electron chi connectivity index (χ1n) is 7.29. The van der Waals surface area contributed by atoms with Gasteiger partial charge in [-0.05, 0) is 55.6 Å². The minimum Gasteiger partial charge on any atom is -0.396 e. The summed E-state index contributed by atoms with van der Waals surface area (Å²) in [5.74, 6) is 2.04. The van der Waals surface area contributed by atoms with Crippen LogP contribution < -0.4 is 4.72 Å². The van der Waals surface area contributed by atoms with Crippen molar-refractivity contribution >= 4 is 21.4 Å². The van der Waals surface area contributed by atoms with E-state index in [0.717, 1.165) is 16.7 Å². The summed E-state index contributed by atoms with van der Waals surface area (Å²) in [5, 5.41) is 8.89. The molecular formula is C14H21NO3S2. The van der Waals surface area contributed by atoms with E-state index in [4.69, 9.17) is 5.11 Å². The molecule has 6 heteroatoms. The molecule has 0 bridgehead atoms. The number of aliphatic hydroxyl groups is 1. The topological polar surface area (TPSA) is 66.4 Å².